The molecule has 22 heteroatoms. The maximum absolute atomic E-state index is 9.60. The minimum Gasteiger partial charge on any atom is -0.478 e. The summed E-state index contributed by atoms with van der Waals surface area (Å²) in [6.45, 7) is 2.10. The highest BCUT2D eigenvalue weighted by molar-refractivity contribution is 5.84. The lowest BCUT2D eigenvalue weighted by Gasteiger charge is -1.79. The number of aliphatic hydroxyl groups is 20. The fourth-order valence-corrected chi connectivity index (χ4v) is 0. The molecule has 22 nitrogen and oxygen atoms in total. The molecule has 21 N–H and O–H groups in total. The monoisotopic (exact) mass is 706 g/mol. The Morgan fingerprint density at radius 2 is 0.348 bits per heavy atom. The van der Waals surface area contributed by atoms with Crippen molar-refractivity contribution in [2.75, 3.05) is 132 Å². The van der Waals surface area contributed by atoms with Gasteiger partial charge in [-0.1, -0.05) is 6.58 Å². The third kappa shape index (κ3) is 472. The Labute approximate surface area is 269 Å². The SMILES string of the molecule is C=C(C)C(=O)O.OCCO.OCCO.OCCO.OCCO.OCCO.OCCO.OCCO.OCCO.OCCO.OCCO. The van der Waals surface area contributed by atoms with Gasteiger partial charge >= 0.3 is 5.97 Å². The molecule has 0 rings (SSSR count). The fourth-order valence-electron chi connectivity index (χ4n) is 0. The van der Waals surface area contributed by atoms with E-state index in [2.05, 4.69) is 6.58 Å². The molecule has 0 aliphatic rings. The summed E-state index contributed by atoms with van der Waals surface area (Å²) in [5, 5.41) is 160. The lowest BCUT2D eigenvalue weighted by atomic mass is 10.4. The van der Waals surface area contributed by atoms with Crippen molar-refractivity contribution in [3.05, 3.63) is 12.2 Å². The van der Waals surface area contributed by atoms with E-state index in [9.17, 15) is 4.79 Å². The van der Waals surface area contributed by atoms with Gasteiger partial charge in [0.1, 0.15) is 0 Å². The molecule has 0 unspecified atom stereocenters. The average Bonchev–Trinajstić information content (AvgIpc) is 3.12. The summed E-state index contributed by atoms with van der Waals surface area (Å²) in [7, 11) is 0. The maximum atomic E-state index is 9.60. The van der Waals surface area contributed by atoms with Crippen molar-refractivity contribution in [2.45, 2.75) is 6.92 Å². The van der Waals surface area contributed by atoms with Gasteiger partial charge in [0.25, 0.3) is 0 Å². The van der Waals surface area contributed by atoms with Crippen LogP contribution < -0.4 is 0 Å². The van der Waals surface area contributed by atoms with Crippen LogP contribution >= 0.6 is 0 Å². The van der Waals surface area contributed by atoms with Crippen molar-refractivity contribution in [3.63, 3.8) is 0 Å². The van der Waals surface area contributed by atoms with E-state index in [1.54, 1.807) is 0 Å². The molecule has 0 aromatic carbocycles. The Kier molecular flexibility index (Phi) is 214. The second-order valence-corrected chi connectivity index (χ2v) is 5.56. The standard InChI is InChI=1S/C4H6O2.10C2H6O2/c1-3(2)4(5)6;10*3-1-2-4/h1H2,2H3,(H,5,6);10*3-4H,1-2H2. The highest BCUT2D eigenvalue weighted by atomic mass is 16.4. The van der Waals surface area contributed by atoms with Gasteiger partial charge in [-0.3, -0.25) is 0 Å². The quantitative estimate of drug-likeness (QED) is 0.0886. The van der Waals surface area contributed by atoms with Crippen LogP contribution in [-0.4, -0.2) is 245 Å². The molecule has 0 atom stereocenters. The van der Waals surface area contributed by atoms with Crippen molar-refractivity contribution in [1.29, 1.82) is 0 Å². The molecule has 0 aromatic rings. The molecular weight excluding hydrogens is 640 g/mol. The number of carboxylic acid groups (broad SMARTS) is 1. The van der Waals surface area contributed by atoms with Gasteiger partial charge in [0.05, 0.1) is 132 Å². The normalized spacial score (nSPS) is 7.50. The van der Waals surface area contributed by atoms with E-state index in [1.165, 1.54) is 6.92 Å². The number of aliphatic hydroxyl groups excluding tert-OH is 20. The van der Waals surface area contributed by atoms with E-state index in [4.69, 9.17) is 107 Å². The largest absolute Gasteiger partial charge is 0.478 e. The first-order valence-electron chi connectivity index (χ1n) is 12.9. The molecule has 0 saturated heterocycles. The highest BCUT2D eigenvalue weighted by Crippen LogP contribution is 1.81. The van der Waals surface area contributed by atoms with Gasteiger partial charge in [-0.25, -0.2) is 4.79 Å². The van der Waals surface area contributed by atoms with Crippen LogP contribution in [0.2, 0.25) is 0 Å². The topological polar surface area (TPSA) is 442 Å². The second-order valence-electron chi connectivity index (χ2n) is 5.56. The van der Waals surface area contributed by atoms with E-state index < -0.39 is 5.97 Å². The summed E-state index contributed by atoms with van der Waals surface area (Å²) in [5.74, 6) is -0.935. The first kappa shape index (κ1) is 75.0. The summed E-state index contributed by atoms with van der Waals surface area (Å²) in [4.78, 5) is 9.60. The molecule has 0 fully saturated rings. The van der Waals surface area contributed by atoms with Crippen molar-refractivity contribution < 1.29 is 112 Å². The van der Waals surface area contributed by atoms with Crippen LogP contribution in [0.15, 0.2) is 12.2 Å². The Hall–Kier alpha value is -1.59. The van der Waals surface area contributed by atoms with Crippen LogP contribution in [0.3, 0.4) is 0 Å². The van der Waals surface area contributed by atoms with Crippen LogP contribution in [0.25, 0.3) is 0 Å². The maximum Gasteiger partial charge on any atom is 0.330 e. The van der Waals surface area contributed by atoms with Crippen LogP contribution in [-0.2, 0) is 4.79 Å². The van der Waals surface area contributed by atoms with Gasteiger partial charge in [0, 0.05) is 5.57 Å². The summed E-state index contributed by atoms with van der Waals surface area (Å²) in [6, 6.07) is 0. The molecule has 294 valence electrons. The van der Waals surface area contributed by atoms with E-state index in [0.717, 1.165) is 0 Å². The van der Waals surface area contributed by atoms with Crippen LogP contribution in [0.1, 0.15) is 6.92 Å². The first-order valence-corrected chi connectivity index (χ1v) is 12.9. The van der Waals surface area contributed by atoms with E-state index >= 15 is 0 Å². The predicted molar refractivity (Wildman–Crippen MR) is 164 cm³/mol. The molecule has 0 radical (unpaired) electrons. The Bertz CT molecular complexity index is 259. The molecular formula is C24H66O22. The number of hydrogen-bond donors (Lipinski definition) is 21. The van der Waals surface area contributed by atoms with Crippen molar-refractivity contribution in [3.8, 4) is 0 Å². The third-order valence-corrected chi connectivity index (χ3v) is 1.37. The molecule has 0 aliphatic carbocycles. The minimum absolute atomic E-state index is 0.125. The Morgan fingerprint density at radius 3 is 0.348 bits per heavy atom. The van der Waals surface area contributed by atoms with Crippen LogP contribution in [0.5, 0.6) is 0 Å². The number of carbonyl (C=O) groups is 1. The number of carboxylic acids is 1. The third-order valence-electron chi connectivity index (χ3n) is 1.37. The molecule has 0 saturated carbocycles. The molecule has 0 aliphatic heterocycles. The van der Waals surface area contributed by atoms with E-state index in [-0.39, 0.29) is 138 Å². The van der Waals surface area contributed by atoms with E-state index in [0.29, 0.717) is 0 Å². The van der Waals surface area contributed by atoms with Gasteiger partial charge < -0.3 is 107 Å². The first-order chi connectivity index (χ1) is 21.8. The Morgan fingerprint density at radius 1 is 0.304 bits per heavy atom. The lowest BCUT2D eigenvalue weighted by Crippen LogP contribution is -1.92. The van der Waals surface area contributed by atoms with Crippen molar-refractivity contribution in [2.24, 2.45) is 0 Å². The Balaban J connectivity index is -0.0000000326. The average molecular weight is 707 g/mol. The van der Waals surface area contributed by atoms with Crippen molar-refractivity contribution in [1.82, 2.24) is 0 Å². The highest BCUT2D eigenvalue weighted by Gasteiger charge is 1.90. The zero-order chi connectivity index (χ0) is 39.3. The van der Waals surface area contributed by atoms with Gasteiger partial charge in [-0.15, -0.1) is 0 Å². The molecule has 0 amide bonds. The molecule has 0 heterocycles. The summed E-state index contributed by atoms with van der Waals surface area (Å²) < 4.78 is 0. The molecule has 0 bridgehead atoms. The minimum atomic E-state index is -0.935. The molecule has 0 aromatic heterocycles. The van der Waals surface area contributed by atoms with Crippen LogP contribution in [0.4, 0.5) is 0 Å². The van der Waals surface area contributed by atoms with E-state index in [1.807, 2.05) is 0 Å². The lowest BCUT2D eigenvalue weighted by molar-refractivity contribution is -0.132. The zero-order valence-electron chi connectivity index (χ0n) is 26.6. The number of rotatable bonds is 11. The number of aliphatic carboxylic acids is 1. The smallest absolute Gasteiger partial charge is 0.330 e. The summed E-state index contributed by atoms with van der Waals surface area (Å²) >= 11 is 0. The molecule has 0 spiro atoms. The summed E-state index contributed by atoms with van der Waals surface area (Å²) in [6.07, 6.45) is 0. The van der Waals surface area contributed by atoms with Gasteiger partial charge in [-0.2, -0.15) is 0 Å². The number of hydrogen-bond acceptors (Lipinski definition) is 21. The van der Waals surface area contributed by atoms with Gasteiger partial charge in [0.15, 0.2) is 0 Å². The van der Waals surface area contributed by atoms with Crippen LogP contribution in [0, 0.1) is 0 Å². The fraction of sp³-hybridized carbons (Fsp3) is 0.875. The second kappa shape index (κ2) is 131. The predicted octanol–water partition coefficient (Wildman–Crippen LogP) is -9.64. The zero-order valence-corrected chi connectivity index (χ0v) is 26.6. The molecule has 46 heavy (non-hydrogen) atoms. The van der Waals surface area contributed by atoms with Gasteiger partial charge in [-0.05, 0) is 6.92 Å². The van der Waals surface area contributed by atoms with Crippen molar-refractivity contribution >= 4 is 5.97 Å². The summed E-state index contributed by atoms with van der Waals surface area (Å²) in [5.41, 5.74) is 0.176. The van der Waals surface area contributed by atoms with Gasteiger partial charge in [0.2, 0.25) is 0 Å².